The van der Waals surface area contributed by atoms with Crippen molar-refractivity contribution in [3.8, 4) is 0 Å². The average molecular weight is 337 g/mol. The largest absolute Gasteiger partial charge is 0.366 e. The Morgan fingerprint density at radius 3 is 2.76 bits per heavy atom. The molecule has 0 aliphatic carbocycles. The summed E-state index contributed by atoms with van der Waals surface area (Å²) in [7, 11) is 0. The average Bonchev–Trinajstić information content (AvgIpc) is 3.11. The summed E-state index contributed by atoms with van der Waals surface area (Å²) < 4.78 is 0. The Balaban J connectivity index is 1.51. The monoisotopic (exact) mass is 337 g/mol. The van der Waals surface area contributed by atoms with Crippen LogP contribution in [0.15, 0.2) is 30.6 Å². The van der Waals surface area contributed by atoms with E-state index in [9.17, 15) is 0 Å². The second-order valence-electron chi connectivity index (χ2n) is 6.81. The molecule has 25 heavy (non-hydrogen) atoms. The first kappa shape index (κ1) is 15.8. The van der Waals surface area contributed by atoms with Crippen molar-refractivity contribution < 1.29 is 0 Å². The van der Waals surface area contributed by atoms with E-state index in [1.807, 2.05) is 18.3 Å². The Morgan fingerprint density at radius 1 is 1.20 bits per heavy atom. The SMILES string of the molecule is CC(C)c1nc(N2CCC(Nc3cccnn3)CC2)c2cc[nH]c2n1. The molecule has 7 heteroatoms. The topological polar surface area (TPSA) is 82.6 Å². The van der Waals surface area contributed by atoms with Gasteiger partial charge in [-0.15, -0.1) is 5.10 Å². The van der Waals surface area contributed by atoms with Gasteiger partial charge in [0.05, 0.1) is 5.39 Å². The van der Waals surface area contributed by atoms with Crippen LogP contribution >= 0.6 is 0 Å². The van der Waals surface area contributed by atoms with Gasteiger partial charge < -0.3 is 15.2 Å². The summed E-state index contributed by atoms with van der Waals surface area (Å²) in [5.41, 5.74) is 0.925. The van der Waals surface area contributed by atoms with E-state index in [1.54, 1.807) is 6.20 Å². The van der Waals surface area contributed by atoms with Crippen LogP contribution in [0.25, 0.3) is 11.0 Å². The number of piperidine rings is 1. The molecule has 1 fully saturated rings. The van der Waals surface area contributed by atoms with Gasteiger partial charge in [0.1, 0.15) is 23.1 Å². The van der Waals surface area contributed by atoms with Crippen molar-refractivity contribution in [2.24, 2.45) is 0 Å². The number of H-pyrrole nitrogens is 1. The van der Waals surface area contributed by atoms with Gasteiger partial charge in [-0.2, -0.15) is 5.10 Å². The predicted molar refractivity (Wildman–Crippen MR) is 98.9 cm³/mol. The summed E-state index contributed by atoms with van der Waals surface area (Å²) in [4.78, 5) is 15.1. The summed E-state index contributed by atoms with van der Waals surface area (Å²) in [5.74, 6) is 3.10. The van der Waals surface area contributed by atoms with Gasteiger partial charge in [-0.3, -0.25) is 0 Å². The maximum absolute atomic E-state index is 4.86. The van der Waals surface area contributed by atoms with Crippen LogP contribution in [0, 0.1) is 0 Å². The molecule has 0 aromatic carbocycles. The van der Waals surface area contributed by atoms with Crippen LogP contribution in [0.2, 0.25) is 0 Å². The zero-order valence-corrected chi connectivity index (χ0v) is 14.6. The second-order valence-corrected chi connectivity index (χ2v) is 6.81. The molecule has 0 bridgehead atoms. The van der Waals surface area contributed by atoms with Crippen molar-refractivity contribution in [1.29, 1.82) is 0 Å². The van der Waals surface area contributed by atoms with Gasteiger partial charge in [-0.25, -0.2) is 9.97 Å². The van der Waals surface area contributed by atoms with E-state index >= 15 is 0 Å². The van der Waals surface area contributed by atoms with E-state index in [-0.39, 0.29) is 0 Å². The number of nitrogens with one attached hydrogen (secondary N) is 2. The van der Waals surface area contributed by atoms with Crippen LogP contribution in [0.1, 0.15) is 38.4 Å². The van der Waals surface area contributed by atoms with Crippen LogP contribution < -0.4 is 10.2 Å². The molecule has 0 amide bonds. The minimum atomic E-state index is 0.308. The molecule has 7 nitrogen and oxygen atoms in total. The standard InChI is InChI=1S/C18H23N7/c1-12(2)16-22-17-14(5-9-19-17)18(23-16)25-10-6-13(7-11-25)21-15-4-3-8-20-24-15/h3-5,8-9,12-13H,6-7,10-11H2,1-2H3,(H,21,24)(H,19,22,23). The number of aromatic nitrogens is 5. The first-order valence-electron chi connectivity index (χ1n) is 8.85. The molecule has 0 radical (unpaired) electrons. The number of rotatable bonds is 4. The number of fused-ring (bicyclic) bond motifs is 1. The van der Waals surface area contributed by atoms with Gasteiger partial charge in [-0.1, -0.05) is 13.8 Å². The maximum Gasteiger partial charge on any atom is 0.148 e. The van der Waals surface area contributed by atoms with Crippen molar-refractivity contribution in [2.45, 2.75) is 38.6 Å². The third kappa shape index (κ3) is 3.26. The lowest BCUT2D eigenvalue weighted by Crippen LogP contribution is -2.40. The normalized spacial score (nSPS) is 15.9. The molecule has 0 atom stereocenters. The number of hydrogen-bond donors (Lipinski definition) is 2. The first-order valence-corrected chi connectivity index (χ1v) is 8.85. The summed E-state index contributed by atoms with van der Waals surface area (Å²) >= 11 is 0. The molecule has 1 saturated heterocycles. The first-order chi connectivity index (χ1) is 12.2. The minimum absolute atomic E-state index is 0.308. The molecule has 3 aromatic rings. The van der Waals surface area contributed by atoms with E-state index in [0.29, 0.717) is 12.0 Å². The fraction of sp³-hybridized carbons (Fsp3) is 0.444. The second kappa shape index (κ2) is 6.66. The van der Waals surface area contributed by atoms with Crippen LogP contribution in [0.3, 0.4) is 0 Å². The molecule has 0 spiro atoms. The van der Waals surface area contributed by atoms with E-state index in [2.05, 4.69) is 50.3 Å². The number of nitrogens with zero attached hydrogens (tertiary/aromatic N) is 5. The van der Waals surface area contributed by atoms with Crippen molar-refractivity contribution in [2.75, 3.05) is 23.3 Å². The summed E-state index contributed by atoms with van der Waals surface area (Å²) in [5, 5.41) is 12.6. The lowest BCUT2D eigenvalue weighted by atomic mass is 10.0. The lowest BCUT2D eigenvalue weighted by Gasteiger charge is -2.33. The maximum atomic E-state index is 4.86. The van der Waals surface area contributed by atoms with Crippen molar-refractivity contribution in [3.63, 3.8) is 0 Å². The van der Waals surface area contributed by atoms with Crippen LogP contribution in [0.5, 0.6) is 0 Å². The Labute approximate surface area is 146 Å². The van der Waals surface area contributed by atoms with Gasteiger partial charge in [0.2, 0.25) is 0 Å². The van der Waals surface area contributed by atoms with Crippen molar-refractivity contribution in [1.82, 2.24) is 25.1 Å². The van der Waals surface area contributed by atoms with Gasteiger partial charge in [0.15, 0.2) is 0 Å². The summed E-state index contributed by atoms with van der Waals surface area (Å²) in [6.45, 7) is 6.19. The molecule has 0 saturated carbocycles. The van der Waals surface area contributed by atoms with Crippen molar-refractivity contribution in [3.05, 3.63) is 36.4 Å². The van der Waals surface area contributed by atoms with Gasteiger partial charge >= 0.3 is 0 Å². The molecular formula is C18H23N7. The van der Waals surface area contributed by atoms with E-state index in [4.69, 9.17) is 4.98 Å². The molecule has 4 rings (SSSR count). The third-order valence-electron chi connectivity index (χ3n) is 4.65. The fourth-order valence-electron chi connectivity index (χ4n) is 3.26. The Bertz CT molecular complexity index is 835. The highest BCUT2D eigenvalue weighted by Gasteiger charge is 2.23. The summed E-state index contributed by atoms with van der Waals surface area (Å²) in [6.07, 6.45) is 5.72. The highest BCUT2D eigenvalue weighted by molar-refractivity contribution is 5.87. The number of aromatic amines is 1. The van der Waals surface area contributed by atoms with E-state index in [0.717, 1.165) is 54.4 Å². The van der Waals surface area contributed by atoms with Crippen molar-refractivity contribution >= 4 is 22.7 Å². The lowest BCUT2D eigenvalue weighted by molar-refractivity contribution is 0.522. The smallest absolute Gasteiger partial charge is 0.148 e. The Morgan fingerprint density at radius 2 is 2.04 bits per heavy atom. The molecular weight excluding hydrogens is 314 g/mol. The molecule has 130 valence electrons. The predicted octanol–water partition coefficient (Wildman–Crippen LogP) is 2.95. The third-order valence-corrected chi connectivity index (χ3v) is 4.65. The molecule has 3 aromatic heterocycles. The Hall–Kier alpha value is -2.70. The van der Waals surface area contributed by atoms with Crippen LogP contribution in [-0.4, -0.2) is 44.3 Å². The zero-order valence-electron chi connectivity index (χ0n) is 14.6. The number of anilines is 2. The van der Waals surface area contributed by atoms with Crippen LogP contribution in [0.4, 0.5) is 11.6 Å². The number of hydrogen-bond acceptors (Lipinski definition) is 6. The molecule has 0 unspecified atom stereocenters. The molecule has 4 heterocycles. The quantitative estimate of drug-likeness (QED) is 0.762. The zero-order chi connectivity index (χ0) is 17.2. The molecule has 1 aliphatic rings. The van der Waals surface area contributed by atoms with E-state index < -0.39 is 0 Å². The Kier molecular flexibility index (Phi) is 4.21. The van der Waals surface area contributed by atoms with Gasteiger partial charge in [-0.05, 0) is 31.0 Å². The summed E-state index contributed by atoms with van der Waals surface area (Å²) in [6, 6.07) is 6.35. The highest BCUT2D eigenvalue weighted by atomic mass is 15.2. The minimum Gasteiger partial charge on any atom is -0.366 e. The fourth-order valence-corrected chi connectivity index (χ4v) is 3.26. The highest BCUT2D eigenvalue weighted by Crippen LogP contribution is 2.28. The molecule has 1 aliphatic heterocycles. The molecule has 2 N–H and O–H groups in total. The van der Waals surface area contributed by atoms with Gasteiger partial charge in [0, 0.05) is 37.4 Å². The van der Waals surface area contributed by atoms with Crippen LogP contribution in [-0.2, 0) is 0 Å². The van der Waals surface area contributed by atoms with Gasteiger partial charge in [0.25, 0.3) is 0 Å². The van der Waals surface area contributed by atoms with E-state index in [1.165, 1.54) is 0 Å².